The van der Waals surface area contributed by atoms with E-state index < -0.39 is 41.2 Å². The molecule has 2 aromatic carbocycles. The molecule has 3 aliphatic rings. The molecule has 2 aliphatic carbocycles. The van der Waals surface area contributed by atoms with Crippen LogP contribution in [0.5, 0.6) is 0 Å². The van der Waals surface area contributed by atoms with Crippen molar-refractivity contribution in [2.24, 2.45) is 11.3 Å². The van der Waals surface area contributed by atoms with Gasteiger partial charge in [-0.2, -0.15) is 21.6 Å². The van der Waals surface area contributed by atoms with Crippen LogP contribution in [0.4, 0.5) is 13.2 Å². The molecule has 3 atom stereocenters. The molecule has 0 radical (unpaired) electrons. The molecule has 13 heteroatoms. The van der Waals surface area contributed by atoms with Crippen LogP contribution in [0.15, 0.2) is 83.6 Å². The summed E-state index contributed by atoms with van der Waals surface area (Å²) in [5, 5.41) is 2.17. The van der Waals surface area contributed by atoms with E-state index in [1.807, 2.05) is 50.2 Å². The van der Waals surface area contributed by atoms with Gasteiger partial charge in [-0.1, -0.05) is 100 Å². The Kier molecular flexibility index (Phi) is 12.0. The Morgan fingerprint density at radius 2 is 1.59 bits per heavy atom. The van der Waals surface area contributed by atoms with E-state index in [1.54, 1.807) is 0 Å². The molecule has 5 rings (SSSR count). The van der Waals surface area contributed by atoms with E-state index in [0.29, 0.717) is 57.5 Å². The lowest BCUT2D eigenvalue weighted by Crippen LogP contribution is -2.66. The van der Waals surface area contributed by atoms with Gasteiger partial charge in [0.1, 0.15) is 18.7 Å². The van der Waals surface area contributed by atoms with Gasteiger partial charge in [0.05, 0.1) is 19.8 Å². The van der Waals surface area contributed by atoms with Crippen LogP contribution in [0.25, 0.3) is 0 Å². The third-order valence-corrected chi connectivity index (χ3v) is 16.8. The van der Waals surface area contributed by atoms with Gasteiger partial charge in [0.2, 0.25) is 0 Å². The molecule has 1 aliphatic heterocycles. The average molecular weight is 753 g/mol. The van der Waals surface area contributed by atoms with Gasteiger partial charge in [0.25, 0.3) is 8.32 Å². The number of benzene rings is 2. The SMILES string of the molecule is COCO[C@H]1C[C@@]2(C)[C@@H](CCC23OCCO3)C(CCC/C(C)=C\CO[Si](c2ccccc2)(c2ccccc2)C(C)(C)C)=C1OS(=O)(=O)C(F)(F)F. The Hall–Kier alpha value is -2.52. The molecule has 1 saturated heterocycles. The van der Waals surface area contributed by atoms with Crippen LogP contribution in [-0.4, -0.2) is 67.9 Å². The molecule has 2 aromatic rings. The monoisotopic (exact) mass is 752 g/mol. The van der Waals surface area contributed by atoms with Crippen molar-refractivity contribution in [3.63, 3.8) is 0 Å². The number of rotatable bonds is 14. The first-order valence-corrected chi connectivity index (χ1v) is 20.9. The normalized spacial score (nSPS) is 24.3. The Labute approximate surface area is 301 Å². The molecular formula is C38H51F3O8SSi. The van der Waals surface area contributed by atoms with E-state index in [9.17, 15) is 21.6 Å². The van der Waals surface area contributed by atoms with Crippen LogP contribution in [0.1, 0.15) is 73.1 Å². The van der Waals surface area contributed by atoms with Crippen molar-refractivity contribution >= 4 is 28.8 Å². The summed E-state index contributed by atoms with van der Waals surface area (Å²) in [6, 6.07) is 20.8. The number of halogens is 3. The predicted molar refractivity (Wildman–Crippen MR) is 191 cm³/mol. The van der Waals surface area contributed by atoms with Crippen molar-refractivity contribution in [2.75, 3.05) is 33.7 Å². The summed E-state index contributed by atoms with van der Waals surface area (Å²) in [4.78, 5) is 0. The maximum atomic E-state index is 13.7. The minimum absolute atomic E-state index is 0.145. The molecule has 1 spiro atoms. The fraction of sp³-hybridized carbons (Fsp3) is 0.579. The standard InChI is InChI=1S/C38H51F3O8SSi/c1-28(21-23-48-51(35(2,3)4,29-15-9-7-10-16-29)30-17-11-8-12-18-30)14-13-19-31-32-20-22-37(46-24-25-47-37)36(32,5)26-33(45-27-44-6)34(31)49-50(42,43)38(39,40)41/h7-12,15-18,21,32-33H,13-14,19-20,22-27H2,1-6H3/b28-21-/t32-,33-,36-/m0/s1. The number of fused-ring (bicyclic) bond motifs is 2. The minimum atomic E-state index is -5.95. The number of hydrogen-bond donors (Lipinski definition) is 0. The highest BCUT2D eigenvalue weighted by atomic mass is 32.2. The molecule has 1 heterocycles. The number of allylic oxidation sites excluding steroid dienone is 2. The van der Waals surface area contributed by atoms with E-state index in [2.05, 4.69) is 51.1 Å². The summed E-state index contributed by atoms with van der Waals surface area (Å²) in [5.74, 6) is -1.59. The summed E-state index contributed by atoms with van der Waals surface area (Å²) in [6.45, 7) is 11.6. The fourth-order valence-corrected chi connectivity index (χ4v) is 13.5. The molecule has 0 unspecified atom stereocenters. The lowest BCUT2D eigenvalue weighted by molar-refractivity contribution is -0.236. The first-order valence-electron chi connectivity index (χ1n) is 17.5. The second kappa shape index (κ2) is 15.4. The van der Waals surface area contributed by atoms with Gasteiger partial charge in [0, 0.05) is 18.9 Å². The van der Waals surface area contributed by atoms with Crippen molar-refractivity contribution in [3.8, 4) is 0 Å². The highest BCUT2D eigenvalue weighted by Gasteiger charge is 2.65. The van der Waals surface area contributed by atoms with E-state index in [4.69, 9.17) is 27.6 Å². The van der Waals surface area contributed by atoms with Crippen molar-refractivity contribution in [1.29, 1.82) is 0 Å². The molecule has 0 N–H and O–H groups in total. The second-order valence-electron chi connectivity index (χ2n) is 15.0. The summed E-state index contributed by atoms with van der Waals surface area (Å²) in [6.07, 6.45) is 3.61. The largest absolute Gasteiger partial charge is 0.534 e. The summed E-state index contributed by atoms with van der Waals surface area (Å²) < 4.78 is 101. The van der Waals surface area contributed by atoms with Crippen LogP contribution in [0.2, 0.25) is 5.04 Å². The molecule has 1 saturated carbocycles. The van der Waals surface area contributed by atoms with Crippen LogP contribution in [0, 0.1) is 11.3 Å². The third-order valence-electron chi connectivity index (χ3n) is 10.8. The van der Waals surface area contributed by atoms with Gasteiger partial charge in [-0.3, -0.25) is 0 Å². The van der Waals surface area contributed by atoms with E-state index >= 15 is 0 Å². The highest BCUT2D eigenvalue weighted by Crippen LogP contribution is 2.63. The van der Waals surface area contributed by atoms with Gasteiger partial charge < -0.3 is 27.6 Å². The Morgan fingerprint density at radius 3 is 2.12 bits per heavy atom. The maximum absolute atomic E-state index is 13.7. The summed E-state index contributed by atoms with van der Waals surface area (Å²) in [5.41, 5.74) is -4.75. The molecule has 282 valence electrons. The Bertz CT molecular complexity index is 1610. The topological polar surface area (TPSA) is 89.5 Å². The zero-order chi connectivity index (χ0) is 37.1. The van der Waals surface area contributed by atoms with Crippen molar-refractivity contribution in [2.45, 2.75) is 95.6 Å². The lowest BCUT2D eigenvalue weighted by atomic mass is 9.64. The smallest absolute Gasteiger partial charge is 0.404 e. The van der Waals surface area contributed by atoms with E-state index in [-0.39, 0.29) is 29.9 Å². The third kappa shape index (κ3) is 7.76. The quantitative estimate of drug-likeness (QED) is 0.0651. The number of alkyl halides is 3. The number of hydrogen-bond acceptors (Lipinski definition) is 8. The molecule has 8 nitrogen and oxygen atoms in total. The second-order valence-corrected chi connectivity index (χ2v) is 20.8. The lowest BCUT2D eigenvalue weighted by Gasteiger charge is -2.48. The van der Waals surface area contributed by atoms with Gasteiger partial charge in [-0.05, 0) is 65.9 Å². The first-order chi connectivity index (χ1) is 24.0. The minimum Gasteiger partial charge on any atom is -0.404 e. The molecule has 0 amide bonds. The summed E-state index contributed by atoms with van der Waals surface area (Å²) >= 11 is 0. The number of ether oxygens (including phenoxy) is 4. The molecule has 0 bridgehead atoms. The summed E-state index contributed by atoms with van der Waals surface area (Å²) in [7, 11) is -7.31. The van der Waals surface area contributed by atoms with Gasteiger partial charge in [0.15, 0.2) is 5.79 Å². The highest BCUT2D eigenvalue weighted by molar-refractivity contribution is 7.87. The van der Waals surface area contributed by atoms with Gasteiger partial charge in [-0.15, -0.1) is 0 Å². The molecular weight excluding hydrogens is 702 g/mol. The Morgan fingerprint density at radius 1 is 1.00 bits per heavy atom. The maximum Gasteiger partial charge on any atom is 0.534 e. The van der Waals surface area contributed by atoms with Crippen molar-refractivity contribution in [1.82, 2.24) is 0 Å². The zero-order valence-electron chi connectivity index (χ0n) is 30.4. The van der Waals surface area contributed by atoms with Crippen LogP contribution in [0.3, 0.4) is 0 Å². The molecule has 51 heavy (non-hydrogen) atoms. The van der Waals surface area contributed by atoms with Crippen LogP contribution < -0.4 is 10.4 Å². The first kappa shape index (κ1) is 39.7. The molecule has 0 aromatic heterocycles. The number of methoxy groups -OCH3 is 1. The van der Waals surface area contributed by atoms with Crippen LogP contribution in [-0.2, 0) is 37.7 Å². The van der Waals surface area contributed by atoms with E-state index in [0.717, 1.165) is 5.57 Å². The predicted octanol–water partition coefficient (Wildman–Crippen LogP) is 7.35. The van der Waals surface area contributed by atoms with Crippen molar-refractivity contribution < 1.29 is 49.1 Å². The van der Waals surface area contributed by atoms with E-state index in [1.165, 1.54) is 17.5 Å². The van der Waals surface area contributed by atoms with Crippen molar-refractivity contribution in [3.05, 3.63) is 83.6 Å². The Balaban J connectivity index is 1.41. The fourth-order valence-electron chi connectivity index (χ4n) is 8.43. The molecule has 2 fully saturated rings. The van der Waals surface area contributed by atoms with Gasteiger partial charge >= 0.3 is 15.6 Å². The van der Waals surface area contributed by atoms with Crippen LogP contribution >= 0.6 is 0 Å². The zero-order valence-corrected chi connectivity index (χ0v) is 32.2. The van der Waals surface area contributed by atoms with Gasteiger partial charge in [-0.25, -0.2) is 0 Å². The average Bonchev–Trinajstić information content (AvgIpc) is 3.67.